The van der Waals surface area contributed by atoms with Crippen LogP contribution < -0.4 is 5.32 Å². The molecule has 3 N–H and O–H groups in total. The summed E-state index contributed by atoms with van der Waals surface area (Å²) < 4.78 is 16.8. The highest BCUT2D eigenvalue weighted by Crippen LogP contribution is 2.39. The van der Waals surface area contributed by atoms with Crippen molar-refractivity contribution in [3.63, 3.8) is 0 Å². The van der Waals surface area contributed by atoms with Gasteiger partial charge in [-0.05, 0) is 26.8 Å². The van der Waals surface area contributed by atoms with Crippen LogP contribution in [0.5, 0.6) is 0 Å². The van der Waals surface area contributed by atoms with E-state index in [0.29, 0.717) is 6.42 Å². The number of fused-ring (bicyclic) bond motifs is 1. The number of hydrogen-bond acceptors (Lipinski definition) is 6. The van der Waals surface area contributed by atoms with Crippen molar-refractivity contribution < 1.29 is 24.4 Å². The van der Waals surface area contributed by atoms with Gasteiger partial charge in [0.2, 0.25) is 0 Å². The van der Waals surface area contributed by atoms with Crippen molar-refractivity contribution >= 4 is 0 Å². The topological polar surface area (TPSA) is 80.2 Å². The molecule has 17 heavy (non-hydrogen) atoms. The van der Waals surface area contributed by atoms with Gasteiger partial charge in [-0.15, -0.1) is 0 Å². The Bertz CT molecular complexity index is 310. The summed E-state index contributed by atoms with van der Waals surface area (Å²) in [6.07, 6.45) is -2.06. The summed E-state index contributed by atoms with van der Waals surface area (Å²) in [5.74, 6) is -0.719. The third-order valence-corrected chi connectivity index (χ3v) is 3.64. The number of ether oxygens (including phenoxy) is 3. The van der Waals surface area contributed by atoms with E-state index in [-0.39, 0.29) is 6.04 Å². The molecule has 3 rings (SSSR count). The largest absolute Gasteiger partial charge is 0.391 e. The zero-order valence-corrected chi connectivity index (χ0v) is 10.00. The van der Waals surface area contributed by atoms with Crippen LogP contribution in [-0.4, -0.2) is 59.3 Å². The van der Waals surface area contributed by atoms with E-state index in [0.717, 1.165) is 6.54 Å². The van der Waals surface area contributed by atoms with Crippen LogP contribution in [0, 0.1) is 0 Å². The molecule has 3 saturated heterocycles. The van der Waals surface area contributed by atoms with Crippen molar-refractivity contribution in [3.05, 3.63) is 0 Å². The number of hydrogen-bond donors (Lipinski definition) is 3. The van der Waals surface area contributed by atoms with Crippen LogP contribution in [0.4, 0.5) is 0 Å². The van der Waals surface area contributed by atoms with Crippen LogP contribution in [0.3, 0.4) is 0 Å². The first kappa shape index (κ1) is 11.8. The molecule has 3 aliphatic rings. The van der Waals surface area contributed by atoms with Gasteiger partial charge < -0.3 is 29.7 Å². The van der Waals surface area contributed by atoms with E-state index in [1.54, 1.807) is 13.8 Å². The minimum absolute atomic E-state index is 0.245. The molecule has 6 heteroatoms. The quantitative estimate of drug-likeness (QED) is 0.548. The van der Waals surface area contributed by atoms with Crippen molar-refractivity contribution in [3.8, 4) is 0 Å². The summed E-state index contributed by atoms with van der Waals surface area (Å²) in [7, 11) is 0. The normalized spacial score (nSPS) is 52.9. The average Bonchev–Trinajstić information content (AvgIpc) is 2.83. The monoisotopic (exact) mass is 247 g/mol. The fraction of sp³-hybridized carbons (Fsp3) is 1.00. The standard InChI is InChI=1S/C11H19NO5/c1-11(2)16-9-7(14)8(15-10(9)17-11)6-5(13)3-4-12-6/h5-10,12-14H,3-4H2,1-2H3/t5-,6+,7-,8?,9+,10+/m0/s1/i4+2. The first-order valence-electron chi connectivity index (χ1n) is 6.08. The van der Waals surface area contributed by atoms with Crippen molar-refractivity contribution in [2.45, 2.75) is 62.8 Å². The fourth-order valence-corrected chi connectivity index (χ4v) is 2.86. The van der Waals surface area contributed by atoms with Gasteiger partial charge in [0.15, 0.2) is 12.1 Å². The van der Waals surface area contributed by atoms with Crippen molar-refractivity contribution in [2.24, 2.45) is 0 Å². The SMILES string of the molecule is CC1(C)O[C@H]2OC([C@@H]3N[14CH2]C[C@@H]3O)[C@H](O)[C@H]2O1. The van der Waals surface area contributed by atoms with E-state index in [9.17, 15) is 10.2 Å². The van der Waals surface area contributed by atoms with Gasteiger partial charge in [-0.3, -0.25) is 0 Å². The molecule has 0 aromatic carbocycles. The second-order valence-electron chi connectivity index (χ2n) is 5.40. The Hall–Kier alpha value is -0.240. The predicted octanol–water partition coefficient (Wildman–Crippen LogP) is -1.05. The summed E-state index contributed by atoms with van der Waals surface area (Å²) in [6.45, 7) is 4.32. The lowest BCUT2D eigenvalue weighted by Gasteiger charge is -2.27. The molecule has 98 valence electrons. The van der Waals surface area contributed by atoms with Gasteiger partial charge in [0.05, 0.1) is 12.1 Å². The minimum atomic E-state index is -0.771. The second-order valence-corrected chi connectivity index (χ2v) is 5.40. The lowest BCUT2D eigenvalue weighted by Crippen LogP contribution is -2.49. The fourth-order valence-electron chi connectivity index (χ4n) is 2.86. The Morgan fingerprint density at radius 3 is 2.59 bits per heavy atom. The number of rotatable bonds is 1. The summed E-state index contributed by atoms with van der Waals surface area (Å²) in [6, 6.07) is -0.245. The molecule has 3 fully saturated rings. The van der Waals surface area contributed by atoms with E-state index >= 15 is 0 Å². The van der Waals surface area contributed by atoms with E-state index in [1.807, 2.05) is 0 Å². The van der Waals surface area contributed by atoms with Crippen LogP contribution in [0.1, 0.15) is 20.3 Å². The Morgan fingerprint density at radius 1 is 1.24 bits per heavy atom. The number of aliphatic hydroxyl groups excluding tert-OH is 2. The van der Waals surface area contributed by atoms with Gasteiger partial charge in [0.25, 0.3) is 0 Å². The van der Waals surface area contributed by atoms with Gasteiger partial charge in [-0.2, -0.15) is 0 Å². The van der Waals surface area contributed by atoms with Crippen molar-refractivity contribution in [1.82, 2.24) is 5.32 Å². The van der Waals surface area contributed by atoms with E-state index in [1.165, 1.54) is 0 Å². The average molecular weight is 247 g/mol. The number of nitrogens with one attached hydrogen (secondary N) is 1. The van der Waals surface area contributed by atoms with Crippen molar-refractivity contribution in [2.75, 3.05) is 6.54 Å². The van der Waals surface area contributed by atoms with Crippen LogP contribution in [0.2, 0.25) is 0 Å². The summed E-state index contributed by atoms with van der Waals surface area (Å²) in [5, 5.41) is 23.1. The highest BCUT2D eigenvalue weighted by atomic mass is 16.8. The molecular weight excluding hydrogens is 228 g/mol. The summed E-state index contributed by atoms with van der Waals surface area (Å²) in [5.41, 5.74) is 0. The first-order valence-corrected chi connectivity index (χ1v) is 6.08. The van der Waals surface area contributed by atoms with Gasteiger partial charge >= 0.3 is 0 Å². The maximum Gasteiger partial charge on any atom is 0.190 e. The Kier molecular flexibility index (Phi) is 2.70. The van der Waals surface area contributed by atoms with E-state index in [2.05, 4.69) is 5.32 Å². The molecule has 6 nitrogen and oxygen atoms in total. The van der Waals surface area contributed by atoms with E-state index in [4.69, 9.17) is 14.2 Å². The van der Waals surface area contributed by atoms with Crippen LogP contribution >= 0.6 is 0 Å². The molecule has 0 amide bonds. The zero-order chi connectivity index (χ0) is 12.2. The molecule has 0 spiro atoms. The minimum Gasteiger partial charge on any atom is -0.391 e. The molecule has 0 aromatic rings. The van der Waals surface area contributed by atoms with Crippen LogP contribution in [0.25, 0.3) is 0 Å². The van der Waals surface area contributed by atoms with Crippen molar-refractivity contribution in [1.29, 1.82) is 0 Å². The van der Waals surface area contributed by atoms with E-state index < -0.39 is 36.5 Å². The Balaban J connectivity index is 1.72. The zero-order valence-electron chi connectivity index (χ0n) is 10.00. The summed E-state index contributed by atoms with van der Waals surface area (Å²) >= 11 is 0. The highest BCUT2D eigenvalue weighted by Gasteiger charge is 2.57. The third-order valence-electron chi connectivity index (χ3n) is 3.64. The maximum atomic E-state index is 10.2. The van der Waals surface area contributed by atoms with Gasteiger partial charge in [0.1, 0.15) is 18.3 Å². The Labute approximate surface area is 99.9 Å². The maximum absolute atomic E-state index is 10.2. The summed E-state index contributed by atoms with van der Waals surface area (Å²) in [4.78, 5) is 0. The van der Waals surface area contributed by atoms with Crippen LogP contribution in [0.15, 0.2) is 0 Å². The molecule has 1 unspecified atom stereocenters. The van der Waals surface area contributed by atoms with Gasteiger partial charge in [-0.25, -0.2) is 0 Å². The Morgan fingerprint density at radius 2 is 2.00 bits per heavy atom. The lowest BCUT2D eigenvalue weighted by molar-refractivity contribution is -0.219. The molecule has 0 radical (unpaired) electrons. The molecule has 0 aromatic heterocycles. The molecule has 0 saturated carbocycles. The molecule has 6 atom stereocenters. The van der Waals surface area contributed by atoms with Gasteiger partial charge in [0, 0.05) is 0 Å². The van der Waals surface area contributed by atoms with Crippen LogP contribution in [-0.2, 0) is 14.2 Å². The molecule has 0 aliphatic carbocycles. The molecule has 3 heterocycles. The number of aliphatic hydroxyl groups is 2. The predicted molar refractivity (Wildman–Crippen MR) is 57.1 cm³/mol. The molecule has 3 aliphatic heterocycles. The molecule has 0 bridgehead atoms. The van der Waals surface area contributed by atoms with Gasteiger partial charge in [-0.1, -0.05) is 0 Å². The smallest absolute Gasteiger partial charge is 0.190 e. The molecular formula is C11H19NO5. The third kappa shape index (κ3) is 1.89. The highest BCUT2D eigenvalue weighted by molar-refractivity contribution is 5.01. The lowest BCUT2D eigenvalue weighted by atomic mass is 10.0. The first-order chi connectivity index (χ1) is 7.98. The second kappa shape index (κ2) is 3.88.